The Morgan fingerprint density at radius 1 is 1.60 bits per heavy atom. The van der Waals surface area contributed by atoms with Gasteiger partial charge in [0.05, 0.1) is 0 Å². The van der Waals surface area contributed by atoms with Gasteiger partial charge in [0.2, 0.25) is 0 Å². The SMILES string of the molecule is CC1CCSCCN1Cc1cnc(N)s1. The lowest BCUT2D eigenvalue weighted by atomic mass is 10.2. The van der Waals surface area contributed by atoms with Crippen LogP contribution in [0.2, 0.25) is 0 Å². The van der Waals surface area contributed by atoms with Crippen molar-refractivity contribution in [3.63, 3.8) is 0 Å². The van der Waals surface area contributed by atoms with Gasteiger partial charge in [-0.25, -0.2) is 4.98 Å². The molecule has 1 aliphatic rings. The van der Waals surface area contributed by atoms with Crippen molar-refractivity contribution in [2.45, 2.75) is 25.9 Å². The quantitative estimate of drug-likeness (QED) is 0.863. The topological polar surface area (TPSA) is 42.2 Å². The second-order valence-electron chi connectivity index (χ2n) is 3.89. The van der Waals surface area contributed by atoms with E-state index in [0.717, 1.165) is 6.54 Å². The molecule has 0 aromatic carbocycles. The smallest absolute Gasteiger partial charge is 0.180 e. The highest BCUT2D eigenvalue weighted by Crippen LogP contribution is 2.21. The third kappa shape index (κ3) is 3.09. The molecule has 2 rings (SSSR count). The zero-order valence-corrected chi connectivity index (χ0v) is 10.6. The average Bonchev–Trinajstić information content (AvgIpc) is 2.50. The molecule has 5 heteroatoms. The van der Waals surface area contributed by atoms with Crippen molar-refractivity contribution >= 4 is 28.2 Å². The Morgan fingerprint density at radius 3 is 3.20 bits per heavy atom. The van der Waals surface area contributed by atoms with Crippen molar-refractivity contribution in [2.75, 3.05) is 23.8 Å². The Labute approximate surface area is 99.1 Å². The number of aromatic nitrogens is 1. The molecule has 2 heterocycles. The van der Waals surface area contributed by atoms with Crippen molar-refractivity contribution in [3.05, 3.63) is 11.1 Å². The molecule has 84 valence electrons. The van der Waals surface area contributed by atoms with Gasteiger partial charge in [-0.15, -0.1) is 11.3 Å². The fraction of sp³-hybridized carbons (Fsp3) is 0.700. The summed E-state index contributed by atoms with van der Waals surface area (Å²) in [4.78, 5) is 7.91. The largest absolute Gasteiger partial charge is 0.375 e. The van der Waals surface area contributed by atoms with Crippen molar-refractivity contribution < 1.29 is 0 Å². The van der Waals surface area contributed by atoms with Crippen LogP contribution in [0, 0.1) is 0 Å². The van der Waals surface area contributed by atoms with Crippen molar-refractivity contribution in [1.29, 1.82) is 0 Å². The number of rotatable bonds is 2. The normalized spacial score (nSPS) is 23.9. The molecule has 1 aromatic rings. The van der Waals surface area contributed by atoms with E-state index >= 15 is 0 Å². The summed E-state index contributed by atoms with van der Waals surface area (Å²) < 4.78 is 0. The molecular weight excluding hydrogens is 226 g/mol. The predicted octanol–water partition coefficient (Wildman–Crippen LogP) is 2.05. The molecule has 1 atom stereocenters. The molecule has 15 heavy (non-hydrogen) atoms. The molecule has 0 aliphatic carbocycles. The highest BCUT2D eigenvalue weighted by atomic mass is 32.2. The first-order valence-corrected chi connectivity index (χ1v) is 7.25. The molecule has 1 unspecified atom stereocenters. The van der Waals surface area contributed by atoms with E-state index in [4.69, 9.17) is 5.73 Å². The van der Waals surface area contributed by atoms with E-state index in [2.05, 4.69) is 28.6 Å². The Hall–Kier alpha value is -0.260. The van der Waals surface area contributed by atoms with Gasteiger partial charge in [-0.2, -0.15) is 11.8 Å². The second-order valence-corrected chi connectivity index (χ2v) is 6.26. The number of hydrogen-bond acceptors (Lipinski definition) is 5. The van der Waals surface area contributed by atoms with Crippen molar-refractivity contribution in [2.24, 2.45) is 0 Å². The van der Waals surface area contributed by atoms with E-state index < -0.39 is 0 Å². The molecule has 0 saturated carbocycles. The minimum atomic E-state index is 0.682. The van der Waals surface area contributed by atoms with Gasteiger partial charge >= 0.3 is 0 Å². The van der Waals surface area contributed by atoms with Crippen LogP contribution in [0.25, 0.3) is 0 Å². The van der Waals surface area contributed by atoms with Gasteiger partial charge in [0.25, 0.3) is 0 Å². The van der Waals surface area contributed by atoms with Gasteiger partial charge in [0.1, 0.15) is 0 Å². The first kappa shape index (κ1) is 11.2. The second kappa shape index (κ2) is 5.18. The third-order valence-corrected chi connectivity index (χ3v) is 4.56. The molecule has 3 nitrogen and oxygen atoms in total. The van der Waals surface area contributed by atoms with Gasteiger partial charge in [-0.3, -0.25) is 4.90 Å². The number of hydrogen-bond donors (Lipinski definition) is 1. The fourth-order valence-corrected chi connectivity index (χ4v) is 3.56. The number of nitrogens with zero attached hydrogens (tertiary/aromatic N) is 2. The van der Waals surface area contributed by atoms with Gasteiger partial charge in [0.15, 0.2) is 5.13 Å². The maximum absolute atomic E-state index is 5.63. The minimum Gasteiger partial charge on any atom is -0.375 e. The maximum Gasteiger partial charge on any atom is 0.180 e. The number of thioether (sulfide) groups is 1. The molecule has 1 aromatic heterocycles. The van der Waals surface area contributed by atoms with Crippen LogP contribution in [0.1, 0.15) is 18.2 Å². The van der Waals surface area contributed by atoms with Crippen LogP contribution in [0.15, 0.2) is 6.20 Å². The molecule has 1 aliphatic heterocycles. The molecule has 0 radical (unpaired) electrons. The van der Waals surface area contributed by atoms with Gasteiger partial charge < -0.3 is 5.73 Å². The van der Waals surface area contributed by atoms with E-state index in [9.17, 15) is 0 Å². The summed E-state index contributed by atoms with van der Waals surface area (Å²) in [7, 11) is 0. The van der Waals surface area contributed by atoms with Crippen LogP contribution in [-0.4, -0.2) is 34.0 Å². The zero-order chi connectivity index (χ0) is 10.7. The standard InChI is InChI=1S/C10H17N3S2/c1-8-2-4-14-5-3-13(8)7-9-6-12-10(11)15-9/h6,8H,2-5,7H2,1H3,(H2,11,12). The number of nitrogen functional groups attached to an aromatic ring is 1. The average molecular weight is 243 g/mol. The summed E-state index contributed by atoms with van der Waals surface area (Å²) in [5.41, 5.74) is 5.63. The summed E-state index contributed by atoms with van der Waals surface area (Å²) in [6, 6.07) is 0.684. The van der Waals surface area contributed by atoms with Crippen LogP contribution in [-0.2, 0) is 6.54 Å². The van der Waals surface area contributed by atoms with E-state index in [0.29, 0.717) is 11.2 Å². The summed E-state index contributed by atoms with van der Waals surface area (Å²) in [6.07, 6.45) is 3.20. The van der Waals surface area contributed by atoms with E-state index in [-0.39, 0.29) is 0 Å². The maximum atomic E-state index is 5.63. The lowest BCUT2D eigenvalue weighted by molar-refractivity contribution is 0.214. The first-order valence-electron chi connectivity index (χ1n) is 5.27. The summed E-state index contributed by atoms with van der Waals surface area (Å²) >= 11 is 3.67. The van der Waals surface area contributed by atoms with E-state index in [1.54, 1.807) is 11.3 Å². The Morgan fingerprint density at radius 2 is 2.47 bits per heavy atom. The zero-order valence-electron chi connectivity index (χ0n) is 8.98. The Bertz CT molecular complexity index is 313. The van der Waals surface area contributed by atoms with Crippen LogP contribution in [0.4, 0.5) is 5.13 Å². The van der Waals surface area contributed by atoms with Gasteiger partial charge in [-0.05, 0) is 19.1 Å². The monoisotopic (exact) mass is 243 g/mol. The lowest BCUT2D eigenvalue weighted by Crippen LogP contribution is -2.32. The van der Waals surface area contributed by atoms with Gasteiger partial charge in [0, 0.05) is 36.0 Å². The highest BCUT2D eigenvalue weighted by molar-refractivity contribution is 7.99. The third-order valence-electron chi connectivity index (χ3n) is 2.76. The van der Waals surface area contributed by atoms with Crippen molar-refractivity contribution in [3.8, 4) is 0 Å². The minimum absolute atomic E-state index is 0.682. The lowest BCUT2D eigenvalue weighted by Gasteiger charge is -2.25. The van der Waals surface area contributed by atoms with E-state index in [1.807, 2.05) is 6.20 Å². The van der Waals surface area contributed by atoms with Crippen LogP contribution >= 0.6 is 23.1 Å². The molecule has 0 spiro atoms. The van der Waals surface area contributed by atoms with Crippen LogP contribution in [0.5, 0.6) is 0 Å². The first-order chi connectivity index (χ1) is 7.25. The van der Waals surface area contributed by atoms with E-state index in [1.165, 1.54) is 29.3 Å². The Balaban J connectivity index is 1.97. The van der Waals surface area contributed by atoms with Gasteiger partial charge in [-0.1, -0.05) is 0 Å². The number of nitrogens with two attached hydrogens (primary N) is 1. The fourth-order valence-electron chi connectivity index (χ4n) is 1.77. The van der Waals surface area contributed by atoms with Crippen LogP contribution in [0.3, 0.4) is 0 Å². The predicted molar refractivity (Wildman–Crippen MR) is 68.3 cm³/mol. The summed E-state index contributed by atoms with van der Waals surface area (Å²) in [5.74, 6) is 2.54. The van der Waals surface area contributed by atoms with Crippen LogP contribution < -0.4 is 5.73 Å². The highest BCUT2D eigenvalue weighted by Gasteiger charge is 2.17. The summed E-state index contributed by atoms with van der Waals surface area (Å²) in [6.45, 7) is 4.51. The molecule has 0 amide bonds. The molecule has 0 bridgehead atoms. The molecule has 1 fully saturated rings. The molecule has 2 N–H and O–H groups in total. The number of anilines is 1. The number of thiazole rings is 1. The van der Waals surface area contributed by atoms with Crippen molar-refractivity contribution in [1.82, 2.24) is 9.88 Å². The summed E-state index contributed by atoms with van der Waals surface area (Å²) in [5, 5.41) is 0.682. The Kier molecular flexibility index (Phi) is 3.88. The molecular formula is C10H17N3S2. The molecule has 1 saturated heterocycles.